The summed E-state index contributed by atoms with van der Waals surface area (Å²) in [5.74, 6) is -1.05. The molecule has 0 aliphatic heterocycles. The van der Waals surface area contributed by atoms with Crippen LogP contribution in [0.4, 0.5) is 8.78 Å². The molecule has 0 saturated heterocycles. The van der Waals surface area contributed by atoms with Crippen LogP contribution in [0, 0.1) is 17.6 Å². The van der Waals surface area contributed by atoms with Crippen molar-refractivity contribution in [1.82, 2.24) is 5.32 Å². The molecular formula is C13H19F2N. The molecule has 1 atom stereocenters. The second kappa shape index (κ2) is 6.59. The molecule has 90 valence electrons. The number of halogens is 2. The summed E-state index contributed by atoms with van der Waals surface area (Å²) >= 11 is 0. The number of nitrogens with one attached hydrogen (secondary N) is 1. The van der Waals surface area contributed by atoms with Crippen LogP contribution in [0.2, 0.25) is 0 Å². The molecule has 1 aromatic carbocycles. The van der Waals surface area contributed by atoms with Crippen LogP contribution in [0.5, 0.6) is 0 Å². The van der Waals surface area contributed by atoms with Gasteiger partial charge in [0, 0.05) is 0 Å². The lowest BCUT2D eigenvalue weighted by Crippen LogP contribution is -2.17. The Morgan fingerprint density at radius 3 is 2.62 bits per heavy atom. The van der Waals surface area contributed by atoms with Gasteiger partial charge < -0.3 is 5.32 Å². The molecule has 1 nitrogen and oxygen atoms in total. The van der Waals surface area contributed by atoms with Crippen LogP contribution >= 0.6 is 0 Å². The van der Waals surface area contributed by atoms with Crippen molar-refractivity contribution in [2.75, 3.05) is 13.1 Å². The molecule has 0 radical (unpaired) electrons. The largest absolute Gasteiger partial charge is 0.317 e. The number of hydrogen-bond acceptors (Lipinski definition) is 1. The Kier molecular flexibility index (Phi) is 5.39. The summed E-state index contributed by atoms with van der Waals surface area (Å²) in [4.78, 5) is 0. The first kappa shape index (κ1) is 13.1. The van der Waals surface area contributed by atoms with E-state index < -0.39 is 11.6 Å². The average molecular weight is 227 g/mol. The molecule has 0 amide bonds. The smallest absolute Gasteiger partial charge is 0.159 e. The van der Waals surface area contributed by atoms with Crippen molar-refractivity contribution < 1.29 is 8.78 Å². The van der Waals surface area contributed by atoms with Gasteiger partial charge in [-0.25, -0.2) is 8.78 Å². The predicted octanol–water partition coefficient (Wildman–Crippen LogP) is 3.14. The molecule has 0 aliphatic rings. The van der Waals surface area contributed by atoms with E-state index in [2.05, 4.69) is 19.2 Å². The zero-order chi connectivity index (χ0) is 12.0. The molecule has 1 N–H and O–H groups in total. The molecule has 0 bridgehead atoms. The molecular weight excluding hydrogens is 208 g/mol. The van der Waals surface area contributed by atoms with E-state index in [4.69, 9.17) is 0 Å². The summed E-state index contributed by atoms with van der Waals surface area (Å²) in [7, 11) is 0. The van der Waals surface area contributed by atoms with Crippen molar-refractivity contribution >= 4 is 0 Å². The minimum atomic E-state index is -0.774. The number of rotatable bonds is 6. The van der Waals surface area contributed by atoms with E-state index in [1.54, 1.807) is 6.07 Å². The lowest BCUT2D eigenvalue weighted by Gasteiger charge is -2.11. The van der Waals surface area contributed by atoms with E-state index in [-0.39, 0.29) is 0 Å². The van der Waals surface area contributed by atoms with Gasteiger partial charge in [-0.1, -0.05) is 19.9 Å². The monoisotopic (exact) mass is 227 g/mol. The molecule has 3 heteroatoms. The second-order valence-electron chi connectivity index (χ2n) is 4.20. The topological polar surface area (TPSA) is 12.0 Å². The van der Waals surface area contributed by atoms with Gasteiger partial charge in [0.05, 0.1) is 0 Å². The highest BCUT2D eigenvalue weighted by Gasteiger charge is 2.06. The molecule has 0 spiro atoms. The van der Waals surface area contributed by atoms with Gasteiger partial charge in [0.15, 0.2) is 11.6 Å². The number of hydrogen-bond donors (Lipinski definition) is 1. The third-order valence-electron chi connectivity index (χ3n) is 2.63. The van der Waals surface area contributed by atoms with Gasteiger partial charge in [0.1, 0.15) is 0 Å². The van der Waals surface area contributed by atoms with Crippen LogP contribution < -0.4 is 5.32 Å². The Bertz CT molecular complexity index is 326. The van der Waals surface area contributed by atoms with Crippen molar-refractivity contribution in [2.45, 2.75) is 26.7 Å². The van der Waals surface area contributed by atoms with Crippen molar-refractivity contribution in [3.63, 3.8) is 0 Å². The molecule has 0 heterocycles. The lowest BCUT2D eigenvalue weighted by molar-refractivity contribution is 0.491. The summed E-state index contributed by atoms with van der Waals surface area (Å²) < 4.78 is 25.6. The highest BCUT2D eigenvalue weighted by Crippen LogP contribution is 2.14. The Labute approximate surface area is 95.9 Å². The van der Waals surface area contributed by atoms with E-state index in [1.165, 1.54) is 12.1 Å². The normalized spacial score (nSPS) is 12.8. The standard InChI is InChI=1S/C13H19F2N/c1-3-16-7-6-10(2)8-11-4-5-12(14)13(15)9-11/h4-5,9-10,16H,3,6-8H2,1-2H3. The number of benzene rings is 1. The minimum absolute atomic E-state index is 0.476. The van der Waals surface area contributed by atoms with E-state index in [0.29, 0.717) is 5.92 Å². The van der Waals surface area contributed by atoms with Crippen molar-refractivity contribution in [1.29, 1.82) is 0 Å². The van der Waals surface area contributed by atoms with Crippen LogP contribution in [0.1, 0.15) is 25.8 Å². The summed E-state index contributed by atoms with van der Waals surface area (Å²) in [6, 6.07) is 4.14. The van der Waals surface area contributed by atoms with Crippen LogP contribution in [0.25, 0.3) is 0 Å². The Morgan fingerprint density at radius 2 is 2.00 bits per heavy atom. The third-order valence-corrected chi connectivity index (χ3v) is 2.63. The van der Waals surface area contributed by atoms with E-state index in [9.17, 15) is 8.78 Å². The maximum absolute atomic E-state index is 12.9. The van der Waals surface area contributed by atoms with E-state index >= 15 is 0 Å². The molecule has 0 aliphatic carbocycles. The molecule has 0 aromatic heterocycles. The fourth-order valence-corrected chi connectivity index (χ4v) is 1.70. The van der Waals surface area contributed by atoms with Gasteiger partial charge in [0.2, 0.25) is 0 Å². The van der Waals surface area contributed by atoms with Gasteiger partial charge in [-0.3, -0.25) is 0 Å². The fraction of sp³-hybridized carbons (Fsp3) is 0.538. The fourth-order valence-electron chi connectivity index (χ4n) is 1.70. The predicted molar refractivity (Wildman–Crippen MR) is 62.4 cm³/mol. The van der Waals surface area contributed by atoms with Gasteiger partial charge in [-0.15, -0.1) is 0 Å². The van der Waals surface area contributed by atoms with Gasteiger partial charge in [-0.05, 0) is 49.5 Å². The zero-order valence-corrected chi connectivity index (χ0v) is 9.89. The molecule has 0 saturated carbocycles. The van der Waals surface area contributed by atoms with Gasteiger partial charge in [-0.2, -0.15) is 0 Å². The van der Waals surface area contributed by atoms with Crippen LogP contribution in [-0.4, -0.2) is 13.1 Å². The lowest BCUT2D eigenvalue weighted by atomic mass is 9.98. The third kappa shape index (κ3) is 4.27. The van der Waals surface area contributed by atoms with Crippen LogP contribution in [0.15, 0.2) is 18.2 Å². The highest BCUT2D eigenvalue weighted by atomic mass is 19.2. The molecule has 1 rings (SSSR count). The van der Waals surface area contributed by atoms with Crippen molar-refractivity contribution in [3.8, 4) is 0 Å². The SMILES string of the molecule is CCNCCC(C)Cc1ccc(F)c(F)c1. The maximum atomic E-state index is 12.9. The van der Waals surface area contributed by atoms with E-state index in [1.807, 2.05) is 0 Å². The Morgan fingerprint density at radius 1 is 1.25 bits per heavy atom. The summed E-state index contributed by atoms with van der Waals surface area (Å²) in [5.41, 5.74) is 0.864. The van der Waals surface area contributed by atoms with Crippen LogP contribution in [-0.2, 0) is 6.42 Å². The second-order valence-corrected chi connectivity index (χ2v) is 4.20. The quantitative estimate of drug-likeness (QED) is 0.736. The first-order chi connectivity index (χ1) is 7.63. The van der Waals surface area contributed by atoms with Gasteiger partial charge in [0.25, 0.3) is 0 Å². The van der Waals surface area contributed by atoms with Gasteiger partial charge >= 0.3 is 0 Å². The van der Waals surface area contributed by atoms with Crippen molar-refractivity contribution in [2.24, 2.45) is 5.92 Å². The molecule has 1 unspecified atom stereocenters. The highest BCUT2D eigenvalue weighted by molar-refractivity contribution is 5.18. The van der Waals surface area contributed by atoms with Crippen molar-refractivity contribution in [3.05, 3.63) is 35.4 Å². The van der Waals surface area contributed by atoms with Crippen LogP contribution in [0.3, 0.4) is 0 Å². The first-order valence-electron chi connectivity index (χ1n) is 5.78. The van der Waals surface area contributed by atoms with E-state index in [0.717, 1.165) is 31.5 Å². The summed E-state index contributed by atoms with van der Waals surface area (Å²) in [6.07, 6.45) is 1.84. The maximum Gasteiger partial charge on any atom is 0.159 e. The molecule has 16 heavy (non-hydrogen) atoms. The first-order valence-corrected chi connectivity index (χ1v) is 5.78. The minimum Gasteiger partial charge on any atom is -0.317 e. The Hall–Kier alpha value is -0.960. The Balaban J connectivity index is 2.43. The molecule has 1 aromatic rings. The summed E-state index contributed by atoms with van der Waals surface area (Å²) in [6.45, 7) is 6.14. The zero-order valence-electron chi connectivity index (χ0n) is 9.89. The average Bonchev–Trinajstić information content (AvgIpc) is 2.24. The summed E-state index contributed by atoms with van der Waals surface area (Å²) in [5, 5.41) is 3.25. The molecule has 0 fully saturated rings.